The summed E-state index contributed by atoms with van der Waals surface area (Å²) in [6.45, 7) is 1.26. The van der Waals surface area contributed by atoms with Crippen LogP contribution in [0.3, 0.4) is 0 Å². The maximum atomic E-state index is 12.8. The monoisotopic (exact) mass is 439 g/mol. The number of hydrogen-bond acceptors (Lipinski definition) is 7. The van der Waals surface area contributed by atoms with Crippen LogP contribution in [0.1, 0.15) is 12.8 Å². The van der Waals surface area contributed by atoms with E-state index >= 15 is 0 Å². The van der Waals surface area contributed by atoms with Crippen LogP contribution in [0, 0.1) is 5.92 Å². The summed E-state index contributed by atoms with van der Waals surface area (Å²) in [5.74, 6) is -2.33. The summed E-state index contributed by atoms with van der Waals surface area (Å²) < 4.78 is 27.0. The van der Waals surface area contributed by atoms with Crippen molar-refractivity contribution in [2.24, 2.45) is 5.92 Å². The van der Waals surface area contributed by atoms with Gasteiger partial charge in [-0.05, 0) is 47.5 Å². The fraction of sp³-hybridized carbons (Fsp3) is 0.353. The van der Waals surface area contributed by atoms with Crippen molar-refractivity contribution in [2.75, 3.05) is 23.3 Å². The average Bonchev–Trinajstić information content (AvgIpc) is 3.18. The summed E-state index contributed by atoms with van der Waals surface area (Å²) in [5.41, 5.74) is 0.864. The van der Waals surface area contributed by atoms with Crippen molar-refractivity contribution >= 4 is 46.4 Å². The number of nitrogens with one attached hydrogen (secondary N) is 1. The van der Waals surface area contributed by atoms with Gasteiger partial charge in [-0.3, -0.25) is 4.79 Å². The van der Waals surface area contributed by atoms with Crippen LogP contribution in [0.5, 0.6) is 0 Å². The number of hydrogen-bond donors (Lipinski definition) is 1. The van der Waals surface area contributed by atoms with Crippen molar-refractivity contribution in [1.29, 1.82) is 0 Å². The molecule has 3 aromatic rings. The standard InChI is InChI=1S/C17H16ClF2N7OS/c18-11-2-1-3-12(15(11)29-17(19)20)21-16(28)10-6-8-26(9-7-10)14-5-4-13-22-24-25-27(13)23-14/h1-5,10,17H,6-9H2,(H,21,28). The SMILES string of the molecule is O=C(Nc1cccc(Cl)c1SC(F)F)C1CCN(c2ccc3nnnn3n2)CC1. The van der Waals surface area contributed by atoms with Gasteiger partial charge >= 0.3 is 0 Å². The number of rotatable bonds is 5. The Morgan fingerprint density at radius 1 is 1.24 bits per heavy atom. The van der Waals surface area contributed by atoms with Crippen LogP contribution in [-0.2, 0) is 4.79 Å². The number of carbonyl (C=O) groups excluding carboxylic acids is 1. The van der Waals surface area contributed by atoms with Gasteiger partial charge in [0.25, 0.3) is 5.76 Å². The smallest absolute Gasteiger partial charge is 0.289 e. The first kappa shape index (κ1) is 19.8. The van der Waals surface area contributed by atoms with Crippen LogP contribution in [-0.4, -0.2) is 50.0 Å². The molecule has 0 unspecified atom stereocenters. The third-order valence-electron chi connectivity index (χ3n) is 4.68. The van der Waals surface area contributed by atoms with E-state index in [9.17, 15) is 13.6 Å². The van der Waals surface area contributed by atoms with Crippen LogP contribution >= 0.6 is 23.4 Å². The van der Waals surface area contributed by atoms with Gasteiger partial charge in [-0.15, -0.1) is 14.8 Å². The zero-order valence-electron chi connectivity index (χ0n) is 15.0. The van der Waals surface area contributed by atoms with E-state index in [2.05, 4.69) is 30.8 Å². The molecule has 0 bridgehead atoms. The number of aromatic nitrogens is 5. The number of piperidine rings is 1. The quantitative estimate of drug-likeness (QED) is 0.610. The lowest BCUT2D eigenvalue weighted by Gasteiger charge is -2.32. The number of fused-ring (bicyclic) bond motifs is 1. The Morgan fingerprint density at radius 3 is 2.79 bits per heavy atom. The van der Waals surface area contributed by atoms with Crippen LogP contribution in [0.4, 0.5) is 20.3 Å². The lowest BCUT2D eigenvalue weighted by atomic mass is 9.96. The summed E-state index contributed by atoms with van der Waals surface area (Å²) >= 11 is 6.35. The molecule has 1 aliphatic heterocycles. The number of nitrogens with zero attached hydrogens (tertiary/aromatic N) is 6. The van der Waals surface area contributed by atoms with Crippen LogP contribution in [0.2, 0.25) is 5.02 Å². The summed E-state index contributed by atoms with van der Waals surface area (Å²) in [6, 6.07) is 8.34. The molecule has 4 rings (SSSR count). The molecule has 0 radical (unpaired) electrons. The van der Waals surface area contributed by atoms with Crippen LogP contribution < -0.4 is 10.2 Å². The predicted molar refractivity (Wildman–Crippen MR) is 105 cm³/mol. The van der Waals surface area contributed by atoms with Gasteiger partial charge in [-0.1, -0.05) is 29.4 Å². The Bertz CT molecular complexity index is 1030. The van der Waals surface area contributed by atoms with E-state index in [1.807, 2.05) is 6.07 Å². The Labute approximate surface area is 173 Å². The van der Waals surface area contributed by atoms with Gasteiger partial charge in [-0.25, -0.2) is 0 Å². The van der Waals surface area contributed by atoms with E-state index in [0.29, 0.717) is 49.0 Å². The fourth-order valence-corrected chi connectivity index (χ4v) is 4.14. The van der Waals surface area contributed by atoms with Crippen molar-refractivity contribution in [3.05, 3.63) is 35.4 Å². The highest BCUT2D eigenvalue weighted by atomic mass is 35.5. The number of anilines is 2. The maximum absolute atomic E-state index is 12.8. The molecule has 0 aliphatic carbocycles. The van der Waals surface area contributed by atoms with Gasteiger partial charge in [-0.2, -0.15) is 8.78 Å². The van der Waals surface area contributed by atoms with Crippen LogP contribution in [0.15, 0.2) is 35.2 Å². The van der Waals surface area contributed by atoms with Crippen molar-refractivity contribution in [2.45, 2.75) is 23.5 Å². The molecule has 1 amide bonds. The van der Waals surface area contributed by atoms with E-state index in [1.54, 1.807) is 18.2 Å². The summed E-state index contributed by atoms with van der Waals surface area (Å²) in [7, 11) is 0. The normalized spacial score (nSPS) is 15.2. The van der Waals surface area contributed by atoms with Crippen molar-refractivity contribution in [1.82, 2.24) is 25.3 Å². The molecule has 0 atom stereocenters. The van der Waals surface area contributed by atoms with Crippen molar-refractivity contribution in [3.63, 3.8) is 0 Å². The zero-order valence-corrected chi connectivity index (χ0v) is 16.6. The maximum Gasteiger partial charge on any atom is 0.289 e. The Balaban J connectivity index is 1.40. The molecule has 2 aromatic heterocycles. The van der Waals surface area contributed by atoms with Gasteiger partial charge in [0, 0.05) is 19.0 Å². The first-order valence-electron chi connectivity index (χ1n) is 8.86. The molecule has 1 N–H and O–H groups in total. The fourth-order valence-electron chi connectivity index (χ4n) is 3.23. The lowest BCUT2D eigenvalue weighted by molar-refractivity contribution is -0.120. The summed E-state index contributed by atoms with van der Waals surface area (Å²) in [4.78, 5) is 14.9. The highest BCUT2D eigenvalue weighted by Crippen LogP contribution is 2.38. The second-order valence-electron chi connectivity index (χ2n) is 6.46. The molecule has 0 spiro atoms. The van der Waals surface area contributed by atoms with Crippen molar-refractivity contribution in [3.8, 4) is 0 Å². The third kappa shape index (κ3) is 4.40. The minimum Gasteiger partial charge on any atom is -0.355 e. The molecular formula is C17H16ClF2N7OS. The second-order valence-corrected chi connectivity index (χ2v) is 7.87. The molecule has 1 saturated heterocycles. The second kappa shape index (κ2) is 8.46. The molecule has 3 heterocycles. The molecule has 152 valence electrons. The summed E-state index contributed by atoms with van der Waals surface area (Å²) in [6.07, 6.45) is 1.22. The molecule has 12 heteroatoms. The Morgan fingerprint density at radius 2 is 2.03 bits per heavy atom. The molecule has 1 aromatic carbocycles. The largest absolute Gasteiger partial charge is 0.355 e. The molecule has 8 nitrogen and oxygen atoms in total. The van der Waals surface area contributed by atoms with E-state index in [-0.39, 0.29) is 21.7 Å². The summed E-state index contributed by atoms with van der Waals surface area (Å²) in [5, 5.41) is 18.5. The number of amides is 1. The van der Waals surface area contributed by atoms with Gasteiger partial charge in [0.2, 0.25) is 5.91 Å². The number of benzene rings is 1. The van der Waals surface area contributed by atoms with Crippen LogP contribution in [0.25, 0.3) is 5.65 Å². The first-order chi connectivity index (χ1) is 14.0. The number of carbonyl (C=O) groups is 1. The van der Waals surface area contributed by atoms with E-state index in [4.69, 9.17) is 11.6 Å². The highest BCUT2D eigenvalue weighted by molar-refractivity contribution is 7.99. The molecular weight excluding hydrogens is 424 g/mol. The number of alkyl halides is 2. The lowest BCUT2D eigenvalue weighted by Crippen LogP contribution is -2.38. The number of halogens is 3. The van der Waals surface area contributed by atoms with Crippen molar-refractivity contribution < 1.29 is 13.6 Å². The highest BCUT2D eigenvalue weighted by Gasteiger charge is 2.27. The average molecular weight is 440 g/mol. The van der Waals surface area contributed by atoms with Gasteiger partial charge in [0.1, 0.15) is 0 Å². The van der Waals surface area contributed by atoms with E-state index in [1.165, 1.54) is 10.7 Å². The minimum atomic E-state index is -2.63. The predicted octanol–water partition coefficient (Wildman–Crippen LogP) is 3.34. The molecule has 29 heavy (non-hydrogen) atoms. The number of tetrazole rings is 1. The molecule has 0 saturated carbocycles. The minimum absolute atomic E-state index is 0.175. The van der Waals surface area contributed by atoms with Gasteiger partial charge < -0.3 is 10.2 Å². The number of thioether (sulfide) groups is 1. The zero-order chi connectivity index (χ0) is 20.4. The van der Waals surface area contributed by atoms with E-state index < -0.39 is 5.76 Å². The van der Waals surface area contributed by atoms with Gasteiger partial charge in [0.05, 0.1) is 15.6 Å². The molecule has 1 fully saturated rings. The van der Waals surface area contributed by atoms with Gasteiger partial charge in [0.15, 0.2) is 11.5 Å². The first-order valence-corrected chi connectivity index (χ1v) is 10.1. The molecule has 1 aliphatic rings. The Hall–Kier alpha value is -2.53. The topological polar surface area (TPSA) is 88.3 Å². The third-order valence-corrected chi connectivity index (χ3v) is 5.96. The Kier molecular flexibility index (Phi) is 5.76. The van der Waals surface area contributed by atoms with E-state index in [0.717, 1.165) is 5.82 Å².